The number of primary sulfonamides is 1. The van der Waals surface area contributed by atoms with Gasteiger partial charge in [-0.1, -0.05) is 48.5 Å². The predicted octanol–water partition coefficient (Wildman–Crippen LogP) is 2.33. The van der Waals surface area contributed by atoms with Crippen LogP contribution in [0.5, 0.6) is 0 Å². The molecule has 0 saturated heterocycles. The number of benzene rings is 2. The lowest BCUT2D eigenvalue weighted by Gasteiger charge is -2.06. The van der Waals surface area contributed by atoms with Crippen molar-refractivity contribution in [1.29, 1.82) is 0 Å². The van der Waals surface area contributed by atoms with Gasteiger partial charge in [-0.2, -0.15) is 0 Å². The molecule has 0 aliphatic heterocycles. The Hall–Kier alpha value is -2.68. The van der Waals surface area contributed by atoms with E-state index in [1.54, 1.807) is 24.3 Å². The van der Waals surface area contributed by atoms with Crippen molar-refractivity contribution in [2.24, 2.45) is 5.14 Å². The molecule has 2 aromatic carbocycles. The van der Waals surface area contributed by atoms with Gasteiger partial charge >= 0.3 is 6.09 Å². The number of alkyl carbamates (subject to hydrolysis) is 1. The Bertz CT molecular complexity index is 849. The van der Waals surface area contributed by atoms with E-state index >= 15 is 0 Å². The molecular formula is C19H22N2O5S. The molecule has 0 radical (unpaired) electrons. The van der Waals surface area contributed by atoms with Gasteiger partial charge in [-0.15, -0.1) is 0 Å². The van der Waals surface area contributed by atoms with E-state index in [1.165, 1.54) is 12.1 Å². The molecule has 0 spiro atoms. The van der Waals surface area contributed by atoms with Crippen molar-refractivity contribution >= 4 is 16.1 Å². The molecule has 0 fully saturated rings. The maximum atomic E-state index is 11.6. The minimum absolute atomic E-state index is 0.0217. The lowest BCUT2D eigenvalue weighted by atomic mass is 10.2. The number of nitrogens with one attached hydrogen (secondary N) is 1. The molecule has 0 heterocycles. The van der Waals surface area contributed by atoms with Gasteiger partial charge in [0.15, 0.2) is 0 Å². The number of carbonyl (C=O) groups excluding carboxylic acids is 1. The third-order valence-corrected chi connectivity index (χ3v) is 4.42. The predicted molar refractivity (Wildman–Crippen MR) is 101 cm³/mol. The summed E-state index contributed by atoms with van der Waals surface area (Å²) in [6.07, 6.45) is 2.91. The molecule has 0 saturated carbocycles. The first-order valence-corrected chi connectivity index (χ1v) is 9.79. The number of rotatable bonds is 9. The van der Waals surface area contributed by atoms with Gasteiger partial charge in [0.2, 0.25) is 10.0 Å². The zero-order valence-electron chi connectivity index (χ0n) is 14.7. The molecule has 144 valence electrons. The highest BCUT2D eigenvalue weighted by Gasteiger charge is 2.07. The van der Waals surface area contributed by atoms with Crippen LogP contribution in [0.1, 0.15) is 11.1 Å². The van der Waals surface area contributed by atoms with Crippen LogP contribution in [0.2, 0.25) is 0 Å². The number of hydrogen-bond donors (Lipinski definition) is 2. The molecule has 8 heteroatoms. The van der Waals surface area contributed by atoms with Crippen molar-refractivity contribution in [2.75, 3.05) is 13.2 Å². The van der Waals surface area contributed by atoms with Crippen LogP contribution >= 0.6 is 0 Å². The zero-order valence-corrected chi connectivity index (χ0v) is 15.5. The molecule has 7 nitrogen and oxygen atoms in total. The van der Waals surface area contributed by atoms with Crippen molar-refractivity contribution in [3.05, 3.63) is 77.9 Å². The summed E-state index contributed by atoms with van der Waals surface area (Å²) in [6, 6.07) is 15.7. The molecule has 0 aromatic heterocycles. The maximum absolute atomic E-state index is 11.6. The Kier molecular flexibility index (Phi) is 8.00. The van der Waals surface area contributed by atoms with Crippen LogP contribution in [0.25, 0.3) is 0 Å². The minimum Gasteiger partial charge on any atom is -0.445 e. The normalized spacial score (nSPS) is 11.4. The summed E-state index contributed by atoms with van der Waals surface area (Å²) in [6.45, 7) is 1.30. The van der Waals surface area contributed by atoms with Crippen molar-refractivity contribution in [2.45, 2.75) is 18.0 Å². The third kappa shape index (κ3) is 8.04. The highest BCUT2D eigenvalue weighted by molar-refractivity contribution is 7.89. The lowest BCUT2D eigenvalue weighted by Crippen LogP contribution is -2.23. The molecule has 27 heavy (non-hydrogen) atoms. The van der Waals surface area contributed by atoms with Crippen LogP contribution < -0.4 is 10.5 Å². The second-order valence-corrected chi connectivity index (χ2v) is 7.17. The maximum Gasteiger partial charge on any atom is 0.407 e. The van der Waals surface area contributed by atoms with Crippen LogP contribution in [0.4, 0.5) is 4.79 Å². The van der Waals surface area contributed by atoms with Crippen molar-refractivity contribution < 1.29 is 22.7 Å². The molecule has 0 bridgehead atoms. The topological polar surface area (TPSA) is 108 Å². The second kappa shape index (κ2) is 10.5. The molecule has 2 aromatic rings. The largest absolute Gasteiger partial charge is 0.445 e. The fourth-order valence-electron chi connectivity index (χ4n) is 2.10. The summed E-state index contributed by atoms with van der Waals surface area (Å²) in [5, 5.41) is 7.60. The lowest BCUT2D eigenvalue weighted by molar-refractivity contribution is 0.146. The Morgan fingerprint density at radius 1 is 0.963 bits per heavy atom. The zero-order chi connectivity index (χ0) is 19.5. The van der Waals surface area contributed by atoms with Gasteiger partial charge in [-0.25, -0.2) is 18.4 Å². The number of sulfonamides is 1. The average molecular weight is 390 g/mol. The number of amides is 1. The fraction of sp³-hybridized carbons (Fsp3) is 0.211. The van der Waals surface area contributed by atoms with E-state index in [1.807, 2.05) is 30.3 Å². The standard InChI is InChI=1S/C19H22N2O5S/c20-27(23,24)18-10-8-16(9-11-18)14-21-19(22)26-13-5-4-12-25-15-17-6-2-1-3-7-17/h1-11H,12-15H2,(H,21,22)(H2,20,23,24). The van der Waals surface area contributed by atoms with Gasteiger partial charge in [0.25, 0.3) is 0 Å². The summed E-state index contributed by atoms with van der Waals surface area (Å²) in [7, 11) is -3.72. The molecule has 0 atom stereocenters. The van der Waals surface area contributed by atoms with E-state index in [0.717, 1.165) is 11.1 Å². The van der Waals surface area contributed by atoms with Crippen molar-refractivity contribution in [3.63, 3.8) is 0 Å². The van der Waals surface area contributed by atoms with Crippen LogP contribution in [0.15, 0.2) is 71.6 Å². The van der Waals surface area contributed by atoms with Gasteiger partial charge < -0.3 is 14.8 Å². The first kappa shape index (κ1) is 20.6. The minimum atomic E-state index is -3.72. The van der Waals surface area contributed by atoms with Crippen molar-refractivity contribution in [3.8, 4) is 0 Å². The summed E-state index contributed by atoms with van der Waals surface area (Å²) in [5.74, 6) is 0. The highest BCUT2D eigenvalue weighted by atomic mass is 32.2. The van der Waals surface area contributed by atoms with Crippen LogP contribution in [-0.2, 0) is 32.6 Å². The summed E-state index contributed by atoms with van der Waals surface area (Å²) in [5.41, 5.74) is 1.82. The smallest absolute Gasteiger partial charge is 0.407 e. The van der Waals surface area contributed by atoms with Gasteiger partial charge in [-0.05, 0) is 29.3 Å². The van der Waals surface area contributed by atoms with Crippen LogP contribution in [-0.4, -0.2) is 27.7 Å². The van der Waals surface area contributed by atoms with E-state index in [9.17, 15) is 13.2 Å². The monoisotopic (exact) mass is 390 g/mol. The number of hydrogen-bond acceptors (Lipinski definition) is 5. The fourth-order valence-corrected chi connectivity index (χ4v) is 2.62. The van der Waals surface area contributed by atoms with E-state index in [4.69, 9.17) is 14.6 Å². The highest BCUT2D eigenvalue weighted by Crippen LogP contribution is 2.08. The average Bonchev–Trinajstić information content (AvgIpc) is 2.66. The first-order valence-electron chi connectivity index (χ1n) is 8.24. The molecule has 0 aliphatic carbocycles. The van der Waals surface area contributed by atoms with Crippen LogP contribution in [0.3, 0.4) is 0 Å². The van der Waals surface area contributed by atoms with Crippen LogP contribution in [0, 0.1) is 0 Å². The second-order valence-electron chi connectivity index (χ2n) is 5.61. The number of ether oxygens (including phenoxy) is 2. The van der Waals surface area contributed by atoms with Gasteiger partial charge in [-0.3, -0.25) is 0 Å². The summed E-state index contributed by atoms with van der Waals surface area (Å²) < 4.78 is 32.8. The number of nitrogens with two attached hydrogens (primary N) is 1. The van der Waals surface area contributed by atoms with Gasteiger partial charge in [0.1, 0.15) is 6.61 Å². The summed E-state index contributed by atoms with van der Waals surface area (Å²) in [4.78, 5) is 11.6. The Labute approximate surface area is 158 Å². The van der Waals surface area contributed by atoms with E-state index in [-0.39, 0.29) is 18.0 Å². The quantitative estimate of drug-likeness (QED) is 0.505. The molecule has 1 amide bonds. The SMILES string of the molecule is NS(=O)(=O)c1ccc(CNC(=O)OCC=CCOCc2ccccc2)cc1. The Morgan fingerprint density at radius 2 is 1.63 bits per heavy atom. The third-order valence-electron chi connectivity index (χ3n) is 3.49. The Morgan fingerprint density at radius 3 is 2.30 bits per heavy atom. The van der Waals surface area contributed by atoms with Crippen molar-refractivity contribution in [1.82, 2.24) is 5.32 Å². The Balaban J connectivity index is 1.59. The van der Waals surface area contributed by atoms with E-state index < -0.39 is 16.1 Å². The number of carbonyl (C=O) groups is 1. The van der Waals surface area contributed by atoms with Gasteiger partial charge in [0.05, 0.1) is 18.1 Å². The molecule has 0 unspecified atom stereocenters. The van der Waals surface area contributed by atoms with Gasteiger partial charge in [0, 0.05) is 6.54 Å². The molecule has 0 aliphatic rings. The first-order chi connectivity index (χ1) is 12.9. The molecule has 3 N–H and O–H groups in total. The molecular weight excluding hydrogens is 368 g/mol. The molecule has 2 rings (SSSR count). The van der Waals surface area contributed by atoms with E-state index in [2.05, 4.69) is 5.32 Å². The van der Waals surface area contributed by atoms with E-state index in [0.29, 0.717) is 13.2 Å². The summed E-state index contributed by atoms with van der Waals surface area (Å²) >= 11 is 0.